The lowest BCUT2D eigenvalue weighted by Gasteiger charge is -2.08. The van der Waals surface area contributed by atoms with Crippen LogP contribution >= 0.6 is 0 Å². The minimum absolute atomic E-state index is 0.383. The molecule has 25 heavy (non-hydrogen) atoms. The van der Waals surface area contributed by atoms with Crippen molar-refractivity contribution in [3.63, 3.8) is 0 Å². The van der Waals surface area contributed by atoms with E-state index in [4.69, 9.17) is 4.74 Å². The molecule has 0 aliphatic carbocycles. The lowest BCUT2D eigenvalue weighted by Crippen LogP contribution is -2.09. The zero-order valence-electron chi connectivity index (χ0n) is 13.4. The Morgan fingerprint density at radius 2 is 1.40 bits per heavy atom. The molecule has 0 fully saturated rings. The molecule has 0 spiro atoms. The number of carbonyl (C=O) groups excluding carboxylic acids is 1. The van der Waals surface area contributed by atoms with Crippen molar-refractivity contribution in [3.8, 4) is 16.9 Å². The predicted molar refractivity (Wildman–Crippen MR) is 98.6 cm³/mol. The number of hydrogen-bond donors (Lipinski definition) is 0. The number of para-hydroxylation sites is 1. The average Bonchev–Trinajstić information content (AvgIpc) is 2.69. The third-order valence-electron chi connectivity index (χ3n) is 4.04. The van der Waals surface area contributed by atoms with E-state index < -0.39 is 0 Å². The molecule has 0 N–H and O–H groups in total. The van der Waals surface area contributed by atoms with Gasteiger partial charge in [0.15, 0.2) is 0 Å². The van der Waals surface area contributed by atoms with Gasteiger partial charge in [0.25, 0.3) is 0 Å². The lowest BCUT2D eigenvalue weighted by atomic mass is 10.1. The molecule has 0 bridgehead atoms. The number of carbonyl (C=O) groups is 1. The first-order valence-corrected chi connectivity index (χ1v) is 8.03. The van der Waals surface area contributed by atoms with Gasteiger partial charge in [-0.05, 0) is 35.4 Å². The number of ether oxygens (including phenoxy) is 1. The fourth-order valence-electron chi connectivity index (χ4n) is 2.78. The van der Waals surface area contributed by atoms with E-state index in [0.29, 0.717) is 11.3 Å². The smallest absolute Gasteiger partial charge is 0.344 e. The van der Waals surface area contributed by atoms with E-state index in [1.54, 1.807) is 12.3 Å². The predicted octanol–water partition coefficient (Wildman–Crippen LogP) is 5.12. The summed E-state index contributed by atoms with van der Waals surface area (Å²) in [5.41, 5.74) is 3.49. The molecule has 1 aromatic heterocycles. The quantitative estimate of drug-likeness (QED) is 0.387. The Hall–Kier alpha value is -3.46. The van der Waals surface area contributed by atoms with Gasteiger partial charge in [0.1, 0.15) is 5.75 Å². The summed E-state index contributed by atoms with van der Waals surface area (Å²) in [6, 6.07) is 26.8. The van der Waals surface area contributed by atoms with E-state index >= 15 is 0 Å². The number of benzene rings is 3. The van der Waals surface area contributed by atoms with Crippen LogP contribution in [0.5, 0.6) is 5.75 Å². The zero-order valence-corrected chi connectivity index (χ0v) is 13.4. The van der Waals surface area contributed by atoms with Crippen LogP contribution in [0.15, 0.2) is 91.1 Å². The van der Waals surface area contributed by atoms with Crippen LogP contribution in [0.25, 0.3) is 22.0 Å². The maximum absolute atomic E-state index is 12.5. The van der Waals surface area contributed by atoms with E-state index in [0.717, 1.165) is 22.0 Å². The summed E-state index contributed by atoms with van der Waals surface area (Å²) in [7, 11) is 0. The molecular weight excluding hydrogens is 310 g/mol. The standard InChI is InChI=1S/C22H15NO2/c24-22(20-14-15-23-21-9-5-4-8-19(20)21)25-18-12-10-17(11-13-18)16-6-2-1-3-7-16/h1-15H. The van der Waals surface area contributed by atoms with E-state index in [1.807, 2.05) is 78.9 Å². The van der Waals surface area contributed by atoms with Crippen LogP contribution in [-0.4, -0.2) is 11.0 Å². The van der Waals surface area contributed by atoms with Gasteiger partial charge in [-0.2, -0.15) is 0 Å². The Morgan fingerprint density at radius 1 is 0.720 bits per heavy atom. The fourth-order valence-corrected chi connectivity index (χ4v) is 2.78. The van der Waals surface area contributed by atoms with Gasteiger partial charge in [0.2, 0.25) is 0 Å². The third kappa shape index (κ3) is 3.12. The topological polar surface area (TPSA) is 39.2 Å². The molecule has 0 unspecified atom stereocenters. The highest BCUT2D eigenvalue weighted by molar-refractivity contribution is 6.04. The molecular formula is C22H15NO2. The Morgan fingerprint density at radius 3 is 2.20 bits per heavy atom. The van der Waals surface area contributed by atoms with Gasteiger partial charge in [0.05, 0.1) is 11.1 Å². The molecule has 0 saturated heterocycles. The van der Waals surface area contributed by atoms with Gasteiger partial charge in [-0.15, -0.1) is 0 Å². The minimum Gasteiger partial charge on any atom is -0.423 e. The molecule has 120 valence electrons. The van der Waals surface area contributed by atoms with Crippen LogP contribution in [0.2, 0.25) is 0 Å². The van der Waals surface area contributed by atoms with E-state index in [9.17, 15) is 4.79 Å². The first-order valence-electron chi connectivity index (χ1n) is 8.03. The van der Waals surface area contributed by atoms with Crippen molar-refractivity contribution < 1.29 is 9.53 Å². The normalized spacial score (nSPS) is 10.6. The second-order valence-corrected chi connectivity index (χ2v) is 5.66. The number of esters is 1. The summed E-state index contributed by atoms with van der Waals surface area (Å²) in [4.78, 5) is 16.8. The molecule has 0 amide bonds. The molecule has 0 atom stereocenters. The van der Waals surface area contributed by atoms with Crippen molar-refractivity contribution in [1.82, 2.24) is 4.98 Å². The summed E-state index contributed by atoms with van der Waals surface area (Å²) in [5, 5.41) is 0.788. The number of nitrogens with zero attached hydrogens (tertiary/aromatic N) is 1. The fraction of sp³-hybridized carbons (Fsp3) is 0. The lowest BCUT2D eigenvalue weighted by molar-refractivity contribution is 0.0737. The highest BCUT2D eigenvalue weighted by Gasteiger charge is 2.12. The summed E-state index contributed by atoms with van der Waals surface area (Å²) in [6.45, 7) is 0. The van der Waals surface area contributed by atoms with Crippen LogP contribution in [0.4, 0.5) is 0 Å². The number of aromatic nitrogens is 1. The first kappa shape index (κ1) is 15.1. The highest BCUT2D eigenvalue weighted by atomic mass is 16.5. The second kappa shape index (κ2) is 6.57. The summed E-state index contributed by atoms with van der Waals surface area (Å²) in [6.07, 6.45) is 1.62. The Balaban J connectivity index is 1.58. The van der Waals surface area contributed by atoms with Crippen LogP contribution in [0.3, 0.4) is 0 Å². The number of pyridine rings is 1. The van der Waals surface area contributed by atoms with Gasteiger partial charge in [-0.1, -0.05) is 60.7 Å². The SMILES string of the molecule is O=C(Oc1ccc(-c2ccccc2)cc1)c1ccnc2ccccc12. The van der Waals surface area contributed by atoms with Gasteiger partial charge in [-0.25, -0.2) is 4.79 Å². The zero-order chi connectivity index (χ0) is 17.1. The van der Waals surface area contributed by atoms with E-state index in [-0.39, 0.29) is 5.97 Å². The molecule has 3 aromatic carbocycles. The molecule has 1 heterocycles. The second-order valence-electron chi connectivity index (χ2n) is 5.66. The number of rotatable bonds is 3. The Labute approximate surface area is 145 Å². The molecule has 4 rings (SSSR count). The Kier molecular flexibility index (Phi) is 3.97. The van der Waals surface area contributed by atoms with Gasteiger partial charge < -0.3 is 4.74 Å². The maximum atomic E-state index is 12.5. The number of hydrogen-bond acceptors (Lipinski definition) is 3. The van der Waals surface area contributed by atoms with Crippen molar-refractivity contribution in [3.05, 3.63) is 96.7 Å². The van der Waals surface area contributed by atoms with Crippen LogP contribution in [0.1, 0.15) is 10.4 Å². The molecule has 3 nitrogen and oxygen atoms in total. The average molecular weight is 325 g/mol. The van der Waals surface area contributed by atoms with Crippen molar-refractivity contribution >= 4 is 16.9 Å². The van der Waals surface area contributed by atoms with Crippen molar-refractivity contribution in [2.45, 2.75) is 0 Å². The maximum Gasteiger partial charge on any atom is 0.344 e. The van der Waals surface area contributed by atoms with Gasteiger partial charge >= 0.3 is 5.97 Å². The van der Waals surface area contributed by atoms with Crippen LogP contribution in [-0.2, 0) is 0 Å². The third-order valence-corrected chi connectivity index (χ3v) is 4.04. The van der Waals surface area contributed by atoms with Crippen molar-refractivity contribution in [2.75, 3.05) is 0 Å². The minimum atomic E-state index is -0.383. The first-order chi connectivity index (χ1) is 12.3. The monoisotopic (exact) mass is 325 g/mol. The Bertz CT molecular complexity index is 1020. The van der Waals surface area contributed by atoms with Crippen LogP contribution < -0.4 is 4.74 Å². The largest absolute Gasteiger partial charge is 0.423 e. The van der Waals surface area contributed by atoms with E-state index in [2.05, 4.69) is 4.98 Å². The molecule has 0 radical (unpaired) electrons. The molecule has 0 saturated carbocycles. The van der Waals surface area contributed by atoms with E-state index in [1.165, 1.54) is 0 Å². The van der Waals surface area contributed by atoms with Gasteiger partial charge in [-0.3, -0.25) is 4.98 Å². The molecule has 0 aliphatic heterocycles. The molecule has 0 aliphatic rings. The van der Waals surface area contributed by atoms with Crippen LogP contribution in [0, 0.1) is 0 Å². The summed E-state index contributed by atoms with van der Waals surface area (Å²) in [5.74, 6) is 0.136. The van der Waals surface area contributed by atoms with Crippen molar-refractivity contribution in [2.24, 2.45) is 0 Å². The van der Waals surface area contributed by atoms with Gasteiger partial charge in [0, 0.05) is 11.6 Å². The molecule has 3 heteroatoms. The summed E-state index contributed by atoms with van der Waals surface area (Å²) >= 11 is 0. The summed E-state index contributed by atoms with van der Waals surface area (Å²) < 4.78 is 5.53. The van der Waals surface area contributed by atoms with Crippen molar-refractivity contribution in [1.29, 1.82) is 0 Å². The molecule has 4 aromatic rings. The highest BCUT2D eigenvalue weighted by Crippen LogP contribution is 2.23. The number of fused-ring (bicyclic) bond motifs is 1.